The molecule has 0 aliphatic rings. The van der Waals surface area contributed by atoms with Gasteiger partial charge in [0.25, 0.3) is 0 Å². The second kappa shape index (κ2) is 5.28. The molecule has 1 aromatic heterocycles. The summed E-state index contributed by atoms with van der Waals surface area (Å²) in [5.74, 6) is 0.547. The molecule has 0 aliphatic heterocycles. The highest BCUT2D eigenvalue weighted by molar-refractivity contribution is 9.10. The SMILES string of the molecule is O=Cc1cc(Oc2ccc(Br)cc2[N+](=O)[O-])cs1. The Morgan fingerprint density at radius 3 is 2.78 bits per heavy atom. The molecular weight excluding hydrogens is 322 g/mol. The van der Waals surface area contributed by atoms with Gasteiger partial charge in [-0.1, -0.05) is 15.9 Å². The van der Waals surface area contributed by atoms with Crippen LogP contribution < -0.4 is 4.74 Å². The minimum atomic E-state index is -0.521. The molecule has 0 spiro atoms. The number of nitro groups is 1. The number of ether oxygens (including phenoxy) is 1. The zero-order valence-corrected chi connectivity index (χ0v) is 11.2. The number of nitro benzene ring substituents is 1. The predicted molar refractivity (Wildman–Crippen MR) is 70.6 cm³/mol. The van der Waals surface area contributed by atoms with Gasteiger partial charge in [-0.2, -0.15) is 0 Å². The number of aldehydes is 1. The summed E-state index contributed by atoms with van der Waals surface area (Å²) in [6.45, 7) is 0. The van der Waals surface area contributed by atoms with Gasteiger partial charge < -0.3 is 4.74 Å². The lowest BCUT2D eigenvalue weighted by molar-refractivity contribution is -0.385. The number of hydrogen-bond donors (Lipinski definition) is 0. The van der Waals surface area contributed by atoms with Crippen LogP contribution in [0.5, 0.6) is 11.5 Å². The molecular formula is C11H6BrNO4S. The largest absolute Gasteiger partial charge is 0.449 e. The van der Waals surface area contributed by atoms with Crippen LogP contribution in [0.1, 0.15) is 9.67 Å². The summed E-state index contributed by atoms with van der Waals surface area (Å²) in [5.41, 5.74) is -0.136. The summed E-state index contributed by atoms with van der Waals surface area (Å²) in [5, 5.41) is 12.5. The molecule has 7 heteroatoms. The van der Waals surface area contributed by atoms with Crippen molar-refractivity contribution in [1.29, 1.82) is 0 Å². The third-order valence-corrected chi connectivity index (χ3v) is 3.39. The van der Waals surface area contributed by atoms with Crippen molar-refractivity contribution in [2.45, 2.75) is 0 Å². The fourth-order valence-electron chi connectivity index (χ4n) is 1.30. The van der Waals surface area contributed by atoms with E-state index >= 15 is 0 Å². The number of thiophene rings is 1. The average molecular weight is 328 g/mol. The van der Waals surface area contributed by atoms with E-state index in [0.29, 0.717) is 21.4 Å². The van der Waals surface area contributed by atoms with Crippen molar-refractivity contribution in [3.8, 4) is 11.5 Å². The first-order valence-corrected chi connectivity index (χ1v) is 6.43. The van der Waals surface area contributed by atoms with Gasteiger partial charge in [0.2, 0.25) is 5.75 Å². The van der Waals surface area contributed by atoms with Crippen LogP contribution in [-0.4, -0.2) is 11.2 Å². The standard InChI is InChI=1S/C11H6BrNO4S/c12-7-1-2-11(10(3-7)13(15)16)17-8-4-9(5-14)18-6-8/h1-6H. The van der Waals surface area contributed by atoms with Gasteiger partial charge in [0.1, 0.15) is 5.75 Å². The number of hydrogen-bond acceptors (Lipinski definition) is 5. The summed E-state index contributed by atoms with van der Waals surface area (Å²) in [6.07, 6.45) is 0.702. The van der Waals surface area contributed by atoms with E-state index in [2.05, 4.69) is 15.9 Å². The third kappa shape index (κ3) is 2.74. The molecule has 2 rings (SSSR count). The van der Waals surface area contributed by atoms with Crippen LogP contribution in [0.2, 0.25) is 0 Å². The van der Waals surface area contributed by atoms with E-state index in [0.717, 1.165) is 0 Å². The van der Waals surface area contributed by atoms with Crippen LogP contribution in [0, 0.1) is 10.1 Å². The fraction of sp³-hybridized carbons (Fsp3) is 0. The summed E-state index contributed by atoms with van der Waals surface area (Å²) in [6, 6.07) is 6.04. The Morgan fingerprint density at radius 1 is 1.39 bits per heavy atom. The quantitative estimate of drug-likeness (QED) is 0.483. The Bertz CT molecular complexity index is 611. The first kappa shape index (κ1) is 12.7. The van der Waals surface area contributed by atoms with Gasteiger partial charge in [-0.05, 0) is 12.1 Å². The van der Waals surface area contributed by atoms with Gasteiger partial charge in [0.15, 0.2) is 6.29 Å². The van der Waals surface area contributed by atoms with Crippen LogP contribution in [-0.2, 0) is 0 Å². The lowest BCUT2D eigenvalue weighted by Gasteiger charge is -2.04. The van der Waals surface area contributed by atoms with Crippen molar-refractivity contribution >= 4 is 39.2 Å². The highest BCUT2D eigenvalue weighted by Crippen LogP contribution is 2.34. The highest BCUT2D eigenvalue weighted by atomic mass is 79.9. The number of halogens is 1. The molecule has 0 saturated carbocycles. The topological polar surface area (TPSA) is 69.4 Å². The van der Waals surface area contributed by atoms with Gasteiger partial charge in [-0.3, -0.25) is 14.9 Å². The molecule has 0 amide bonds. The molecule has 0 fully saturated rings. The minimum Gasteiger partial charge on any atom is -0.449 e. The molecule has 1 heterocycles. The van der Waals surface area contributed by atoms with E-state index < -0.39 is 4.92 Å². The molecule has 92 valence electrons. The van der Waals surface area contributed by atoms with Crippen LogP contribution in [0.4, 0.5) is 5.69 Å². The lowest BCUT2D eigenvalue weighted by Crippen LogP contribution is -1.92. The number of carbonyl (C=O) groups excluding carboxylic acids is 1. The molecule has 18 heavy (non-hydrogen) atoms. The van der Waals surface area contributed by atoms with E-state index in [1.165, 1.54) is 29.5 Å². The van der Waals surface area contributed by atoms with Gasteiger partial charge in [-0.15, -0.1) is 11.3 Å². The minimum absolute atomic E-state index is 0.136. The lowest BCUT2D eigenvalue weighted by atomic mass is 10.3. The zero-order valence-electron chi connectivity index (χ0n) is 8.83. The molecule has 0 saturated heterocycles. The maximum atomic E-state index is 10.9. The van der Waals surface area contributed by atoms with Gasteiger partial charge in [-0.25, -0.2) is 0 Å². The zero-order chi connectivity index (χ0) is 13.1. The molecule has 2 aromatic rings. The maximum absolute atomic E-state index is 10.9. The second-order valence-corrected chi connectivity index (χ2v) is 5.13. The summed E-state index contributed by atoms with van der Waals surface area (Å²) >= 11 is 4.38. The molecule has 0 bridgehead atoms. The molecule has 0 atom stereocenters. The summed E-state index contributed by atoms with van der Waals surface area (Å²) < 4.78 is 5.99. The van der Waals surface area contributed by atoms with Crippen molar-refractivity contribution in [2.24, 2.45) is 0 Å². The molecule has 5 nitrogen and oxygen atoms in total. The van der Waals surface area contributed by atoms with Crippen molar-refractivity contribution < 1.29 is 14.5 Å². The number of rotatable bonds is 4. The Hall–Kier alpha value is -1.73. The van der Waals surface area contributed by atoms with Crippen LogP contribution in [0.25, 0.3) is 0 Å². The van der Waals surface area contributed by atoms with Crippen molar-refractivity contribution in [1.82, 2.24) is 0 Å². The van der Waals surface area contributed by atoms with E-state index in [4.69, 9.17) is 4.74 Å². The Morgan fingerprint density at radius 2 is 2.17 bits per heavy atom. The van der Waals surface area contributed by atoms with Crippen molar-refractivity contribution in [3.63, 3.8) is 0 Å². The maximum Gasteiger partial charge on any atom is 0.312 e. The molecule has 0 unspecified atom stereocenters. The van der Waals surface area contributed by atoms with Crippen LogP contribution in [0.3, 0.4) is 0 Å². The molecule has 0 aliphatic carbocycles. The highest BCUT2D eigenvalue weighted by Gasteiger charge is 2.16. The van der Waals surface area contributed by atoms with Crippen molar-refractivity contribution in [3.05, 3.63) is 49.1 Å². The first-order valence-electron chi connectivity index (χ1n) is 4.75. The van der Waals surface area contributed by atoms with Gasteiger partial charge in [0.05, 0.1) is 9.80 Å². The van der Waals surface area contributed by atoms with Gasteiger partial charge in [0, 0.05) is 22.0 Å². The normalized spacial score (nSPS) is 10.1. The summed E-state index contributed by atoms with van der Waals surface area (Å²) in [7, 11) is 0. The van der Waals surface area contributed by atoms with E-state index in [-0.39, 0.29) is 11.4 Å². The number of benzene rings is 1. The third-order valence-electron chi connectivity index (χ3n) is 2.06. The Kier molecular flexibility index (Phi) is 3.73. The Balaban J connectivity index is 2.33. The average Bonchev–Trinajstić information content (AvgIpc) is 2.79. The monoisotopic (exact) mass is 327 g/mol. The predicted octanol–water partition coefficient (Wildman–Crippen LogP) is 4.02. The van der Waals surface area contributed by atoms with E-state index in [1.54, 1.807) is 11.4 Å². The first-order chi connectivity index (χ1) is 8.60. The molecule has 0 radical (unpaired) electrons. The Labute approximate surface area is 114 Å². The number of nitrogens with zero attached hydrogens (tertiary/aromatic N) is 1. The molecule has 0 N–H and O–H groups in total. The second-order valence-electron chi connectivity index (χ2n) is 3.27. The van der Waals surface area contributed by atoms with Crippen LogP contribution >= 0.6 is 27.3 Å². The van der Waals surface area contributed by atoms with E-state index in [9.17, 15) is 14.9 Å². The number of carbonyl (C=O) groups is 1. The summed E-state index contributed by atoms with van der Waals surface area (Å²) in [4.78, 5) is 21.4. The van der Waals surface area contributed by atoms with E-state index in [1.807, 2.05) is 0 Å². The fourth-order valence-corrected chi connectivity index (χ4v) is 2.25. The van der Waals surface area contributed by atoms with Gasteiger partial charge >= 0.3 is 5.69 Å². The van der Waals surface area contributed by atoms with Crippen LogP contribution in [0.15, 0.2) is 34.1 Å². The molecule has 1 aromatic carbocycles. The van der Waals surface area contributed by atoms with Crippen molar-refractivity contribution in [2.75, 3.05) is 0 Å². The smallest absolute Gasteiger partial charge is 0.312 e.